The van der Waals surface area contributed by atoms with Gasteiger partial charge in [0.05, 0.1) is 16.7 Å². The first-order valence-corrected chi connectivity index (χ1v) is 7.37. The fraction of sp³-hybridized carbons (Fsp3) is 0.267. The van der Waals surface area contributed by atoms with E-state index in [-0.39, 0.29) is 29.4 Å². The van der Waals surface area contributed by atoms with Crippen LogP contribution in [0.5, 0.6) is 5.88 Å². The Balaban J connectivity index is 1.97. The zero-order valence-electron chi connectivity index (χ0n) is 13.5. The highest BCUT2D eigenvalue weighted by atomic mass is 16.6. The Morgan fingerprint density at radius 2 is 2.04 bits per heavy atom. The monoisotopic (exact) mass is 345 g/mol. The van der Waals surface area contributed by atoms with E-state index in [2.05, 4.69) is 10.5 Å². The molecule has 0 amide bonds. The molecule has 1 atom stereocenters. The van der Waals surface area contributed by atoms with Gasteiger partial charge in [-0.05, 0) is 5.56 Å². The number of hydrogen-bond donors (Lipinski definition) is 2. The molecule has 0 spiro atoms. The lowest BCUT2D eigenvalue weighted by Crippen LogP contribution is -2.39. The molecule has 2 N–H and O–H groups in total. The van der Waals surface area contributed by atoms with E-state index in [0.717, 1.165) is 9.13 Å². The van der Waals surface area contributed by atoms with Crippen LogP contribution in [0.3, 0.4) is 0 Å². The van der Waals surface area contributed by atoms with Crippen LogP contribution in [0, 0.1) is 10.1 Å². The van der Waals surface area contributed by atoms with Crippen molar-refractivity contribution in [3.05, 3.63) is 66.3 Å². The van der Waals surface area contributed by atoms with Crippen LogP contribution in [0.1, 0.15) is 23.6 Å². The fourth-order valence-electron chi connectivity index (χ4n) is 2.73. The van der Waals surface area contributed by atoms with E-state index >= 15 is 0 Å². The number of aromatic hydroxyl groups is 1. The lowest BCUT2D eigenvalue weighted by Gasteiger charge is -2.11. The highest BCUT2D eigenvalue weighted by molar-refractivity contribution is 6.03. The summed E-state index contributed by atoms with van der Waals surface area (Å²) in [6.07, 6.45) is 0.238. The number of nitro benzene ring substituents is 1. The van der Waals surface area contributed by atoms with Gasteiger partial charge in [-0.3, -0.25) is 24.0 Å². The van der Waals surface area contributed by atoms with E-state index < -0.39 is 22.1 Å². The third kappa shape index (κ3) is 2.67. The molecule has 10 heteroatoms. The van der Waals surface area contributed by atoms with Crippen LogP contribution in [0.2, 0.25) is 0 Å². The van der Waals surface area contributed by atoms with Gasteiger partial charge in [0.25, 0.3) is 11.2 Å². The predicted molar refractivity (Wildman–Crippen MR) is 88.7 cm³/mol. The first-order valence-electron chi connectivity index (χ1n) is 7.37. The molecular formula is C15H15N5O5. The lowest BCUT2D eigenvalue weighted by molar-refractivity contribution is -0.384. The van der Waals surface area contributed by atoms with E-state index in [1.165, 1.54) is 26.2 Å². The minimum atomic E-state index is -0.652. The second-order valence-electron chi connectivity index (χ2n) is 5.70. The molecule has 3 rings (SSSR count). The third-order valence-corrected chi connectivity index (χ3v) is 4.16. The second kappa shape index (κ2) is 5.89. The van der Waals surface area contributed by atoms with Crippen molar-refractivity contribution in [1.82, 2.24) is 14.6 Å². The summed E-state index contributed by atoms with van der Waals surface area (Å²) in [6, 6.07) is 5.71. The summed E-state index contributed by atoms with van der Waals surface area (Å²) < 4.78 is 1.85. The summed E-state index contributed by atoms with van der Waals surface area (Å²) >= 11 is 0. The molecule has 0 saturated heterocycles. The molecule has 2 aromatic rings. The van der Waals surface area contributed by atoms with E-state index in [4.69, 9.17) is 0 Å². The Morgan fingerprint density at radius 1 is 1.32 bits per heavy atom. The van der Waals surface area contributed by atoms with E-state index in [1.54, 1.807) is 12.1 Å². The fourth-order valence-corrected chi connectivity index (χ4v) is 2.73. The molecule has 0 fully saturated rings. The van der Waals surface area contributed by atoms with Crippen LogP contribution in [-0.2, 0) is 14.1 Å². The zero-order chi connectivity index (χ0) is 18.3. The maximum Gasteiger partial charge on any atom is 0.333 e. The molecule has 25 heavy (non-hydrogen) atoms. The number of aromatic nitrogens is 2. The number of hydrazone groups is 1. The van der Waals surface area contributed by atoms with Crippen molar-refractivity contribution < 1.29 is 10.0 Å². The molecule has 0 unspecified atom stereocenters. The molecule has 130 valence electrons. The van der Waals surface area contributed by atoms with Gasteiger partial charge in [-0.15, -0.1) is 0 Å². The summed E-state index contributed by atoms with van der Waals surface area (Å²) in [5.41, 5.74) is 2.32. The van der Waals surface area contributed by atoms with Gasteiger partial charge < -0.3 is 10.5 Å². The molecule has 1 aliphatic heterocycles. The molecule has 0 aliphatic carbocycles. The summed E-state index contributed by atoms with van der Waals surface area (Å²) in [5, 5.41) is 25.1. The van der Waals surface area contributed by atoms with Crippen molar-refractivity contribution in [2.45, 2.75) is 12.5 Å². The Bertz CT molecular complexity index is 1020. The molecule has 2 heterocycles. The number of nitro groups is 1. The van der Waals surface area contributed by atoms with Gasteiger partial charge in [0, 0.05) is 32.6 Å². The number of non-ortho nitro benzene ring substituents is 1. The number of benzene rings is 1. The lowest BCUT2D eigenvalue weighted by atomic mass is 9.99. The van der Waals surface area contributed by atoms with E-state index in [9.17, 15) is 24.8 Å². The number of rotatable bonds is 3. The van der Waals surface area contributed by atoms with Gasteiger partial charge in [0.2, 0.25) is 5.88 Å². The topological polar surface area (TPSA) is 132 Å². The van der Waals surface area contributed by atoms with Gasteiger partial charge in [0.15, 0.2) is 0 Å². The minimum Gasteiger partial charge on any atom is -0.494 e. The van der Waals surface area contributed by atoms with Crippen LogP contribution in [0.25, 0.3) is 0 Å². The molecule has 1 aliphatic rings. The number of nitrogens with zero attached hydrogens (tertiary/aromatic N) is 4. The smallest absolute Gasteiger partial charge is 0.333 e. The Morgan fingerprint density at radius 3 is 2.72 bits per heavy atom. The van der Waals surface area contributed by atoms with Crippen LogP contribution < -0.4 is 16.7 Å². The van der Waals surface area contributed by atoms with Gasteiger partial charge >= 0.3 is 5.69 Å². The average molecular weight is 345 g/mol. The van der Waals surface area contributed by atoms with Gasteiger partial charge in [-0.25, -0.2) is 4.79 Å². The van der Waals surface area contributed by atoms with Crippen molar-refractivity contribution in [3.8, 4) is 5.88 Å². The first kappa shape index (κ1) is 16.4. The summed E-state index contributed by atoms with van der Waals surface area (Å²) in [6.45, 7) is 0. The number of nitrogens with one attached hydrogen (secondary N) is 1. The van der Waals surface area contributed by atoms with Crippen molar-refractivity contribution in [3.63, 3.8) is 0 Å². The minimum absolute atomic E-state index is 0.0476. The van der Waals surface area contributed by atoms with Crippen LogP contribution in [0.4, 0.5) is 5.69 Å². The Labute approximate surface area is 140 Å². The highest BCUT2D eigenvalue weighted by Gasteiger charge is 2.28. The van der Waals surface area contributed by atoms with E-state index in [0.29, 0.717) is 5.56 Å². The standard InChI is InChI=1S/C15H15N5O5/c1-18-13(21)12(14(22)19(2)15(18)23)11-7-10(16-17-11)8-4-3-5-9(6-8)20(24)25/h3-6,10,16,21H,7H2,1-2H3/t10-/m0/s1. The maximum absolute atomic E-state index is 12.3. The summed E-state index contributed by atoms with van der Waals surface area (Å²) in [5.74, 6) is -0.464. The quantitative estimate of drug-likeness (QED) is 0.600. The second-order valence-corrected chi connectivity index (χ2v) is 5.70. The number of hydrogen-bond acceptors (Lipinski definition) is 7. The highest BCUT2D eigenvalue weighted by Crippen LogP contribution is 2.27. The van der Waals surface area contributed by atoms with Crippen molar-refractivity contribution in [1.29, 1.82) is 0 Å². The van der Waals surface area contributed by atoms with Gasteiger partial charge in [-0.1, -0.05) is 12.1 Å². The maximum atomic E-state index is 12.3. The third-order valence-electron chi connectivity index (χ3n) is 4.16. The molecular weight excluding hydrogens is 330 g/mol. The first-order chi connectivity index (χ1) is 11.8. The molecule has 10 nitrogen and oxygen atoms in total. The van der Waals surface area contributed by atoms with E-state index in [1.807, 2.05) is 0 Å². The molecule has 0 saturated carbocycles. The Hall–Kier alpha value is -3.43. The molecule has 0 bridgehead atoms. The van der Waals surface area contributed by atoms with Crippen LogP contribution in [-0.4, -0.2) is 24.9 Å². The normalized spacial score (nSPS) is 16.4. The van der Waals surface area contributed by atoms with Crippen LogP contribution in [0.15, 0.2) is 39.0 Å². The largest absolute Gasteiger partial charge is 0.494 e. The Kier molecular flexibility index (Phi) is 3.87. The zero-order valence-corrected chi connectivity index (χ0v) is 13.5. The predicted octanol–water partition coefficient (Wildman–Crippen LogP) is 0.136. The van der Waals surface area contributed by atoms with Crippen molar-refractivity contribution >= 4 is 11.4 Å². The van der Waals surface area contributed by atoms with Gasteiger partial charge in [-0.2, -0.15) is 5.10 Å². The van der Waals surface area contributed by atoms with Crippen molar-refractivity contribution in [2.24, 2.45) is 19.2 Å². The van der Waals surface area contributed by atoms with Crippen LogP contribution >= 0.6 is 0 Å². The summed E-state index contributed by atoms with van der Waals surface area (Å²) in [7, 11) is 2.66. The molecule has 1 aromatic heterocycles. The van der Waals surface area contributed by atoms with Crippen molar-refractivity contribution in [2.75, 3.05) is 0 Å². The SMILES string of the molecule is Cn1c(O)c(C2=NN[C@H](c3cccc([N+](=O)[O-])c3)C2)c(=O)n(C)c1=O. The summed E-state index contributed by atoms with van der Waals surface area (Å²) in [4.78, 5) is 34.5. The van der Waals surface area contributed by atoms with Gasteiger partial charge in [0.1, 0.15) is 5.56 Å². The molecule has 1 aromatic carbocycles. The molecule has 0 radical (unpaired) electrons. The average Bonchev–Trinajstić information content (AvgIpc) is 3.08.